The van der Waals surface area contributed by atoms with E-state index in [9.17, 15) is 54.6 Å². The van der Waals surface area contributed by atoms with Gasteiger partial charge in [0.05, 0.1) is 64.7 Å². The second kappa shape index (κ2) is 21.4. The Bertz CT molecular complexity index is 3240. The molecule has 2 fully saturated rings. The Kier molecular flexibility index (Phi) is 15.6. The largest absolute Gasteiger partial charge is 0.507 e. The molecule has 77 heavy (non-hydrogen) atoms. The number of aromatic carboxylic acids is 1. The average Bonchev–Trinajstić information content (AvgIpc) is 4.10. The summed E-state index contributed by atoms with van der Waals surface area (Å²) in [6, 6.07) is -0.208. The number of aliphatic hydroxyl groups excluding tert-OH is 2. The Morgan fingerprint density at radius 1 is 0.974 bits per heavy atom. The third-order valence-electron chi connectivity index (χ3n) is 16.0. The number of hydrogen-bond donors (Lipinski definition) is 8. The lowest BCUT2D eigenvalue weighted by Crippen LogP contribution is -2.55. The lowest BCUT2D eigenvalue weighted by molar-refractivity contribution is -0.156. The van der Waals surface area contributed by atoms with Crippen molar-refractivity contribution in [1.82, 2.24) is 9.30 Å². The molecule has 4 aromatic rings. The Morgan fingerprint density at radius 3 is 2.30 bits per heavy atom. The van der Waals surface area contributed by atoms with Crippen LogP contribution in [0, 0.1) is 37.4 Å². The SMILES string of the molecule is CO[C@H]1/C=C/O[C@@]2(C)Oc3c(C)c(O)c4c(O)c(c(CN(C)C5CCN(c6c(F)cn7c(=O)c(C(=O)O)cc(C8CC8)c7c6C)C5)c(O)c4c3C2=O)NC(=O)/C(C)=C\C=C\[C@H](C)[C@H](O)[C@@H](C)[C@@H](O)[C@@H](N)[C@H](OC(C)=O)[C@@H]1C. The molecule has 6 heterocycles. The van der Waals surface area contributed by atoms with Crippen LogP contribution in [0.2, 0.25) is 0 Å². The summed E-state index contributed by atoms with van der Waals surface area (Å²) < 4.78 is 41.1. The van der Waals surface area contributed by atoms with E-state index in [2.05, 4.69) is 5.32 Å². The van der Waals surface area contributed by atoms with E-state index in [-0.39, 0.29) is 75.2 Å². The summed E-state index contributed by atoms with van der Waals surface area (Å²) in [4.78, 5) is 70.4. The molecule has 1 aliphatic carbocycles. The highest BCUT2D eigenvalue weighted by atomic mass is 19.1. The minimum atomic E-state index is -2.15. The molecule has 1 unspecified atom stereocenters. The van der Waals surface area contributed by atoms with E-state index in [1.165, 1.54) is 59.1 Å². The van der Waals surface area contributed by atoms with Crippen molar-refractivity contribution in [3.8, 4) is 23.0 Å². The number of carbonyl (C=O) groups is 4. The van der Waals surface area contributed by atoms with Gasteiger partial charge in [-0.2, -0.15) is 0 Å². The van der Waals surface area contributed by atoms with Crippen molar-refractivity contribution in [3.63, 3.8) is 0 Å². The maximum absolute atomic E-state index is 16.4. The van der Waals surface area contributed by atoms with Gasteiger partial charge in [0.1, 0.15) is 28.9 Å². The molecule has 2 aromatic carbocycles. The quantitative estimate of drug-likeness (QED) is 0.0588. The highest BCUT2D eigenvalue weighted by molar-refractivity contribution is 6.22. The Labute approximate surface area is 443 Å². The number of allylic oxidation sites excluding steroid dienone is 2. The number of carbonyl (C=O) groups excluding carboxylic acids is 3. The fourth-order valence-electron chi connectivity index (χ4n) is 11.2. The number of carboxylic acids is 1. The van der Waals surface area contributed by atoms with Crippen LogP contribution >= 0.6 is 0 Å². The number of aromatic nitrogens is 1. The van der Waals surface area contributed by atoms with E-state index in [4.69, 9.17) is 24.7 Å². The molecule has 9 N–H and O–H groups in total. The second-order valence-corrected chi connectivity index (χ2v) is 21.3. The van der Waals surface area contributed by atoms with Gasteiger partial charge < -0.3 is 65.5 Å². The van der Waals surface area contributed by atoms with Crippen LogP contribution in [0.1, 0.15) is 110 Å². The van der Waals surface area contributed by atoms with Gasteiger partial charge in [0.25, 0.3) is 17.2 Å². The van der Waals surface area contributed by atoms with Gasteiger partial charge in [0.15, 0.2) is 11.6 Å². The number of aromatic hydroxyl groups is 3. The van der Waals surface area contributed by atoms with Gasteiger partial charge in [-0.3, -0.25) is 28.5 Å². The number of ketones is 1. The molecule has 20 nitrogen and oxygen atoms in total. The number of hydrogen-bond acceptors (Lipinski definition) is 17. The predicted octanol–water partition coefficient (Wildman–Crippen LogP) is 5.79. The number of aliphatic hydroxyl groups is 2. The molecule has 5 bridgehead atoms. The summed E-state index contributed by atoms with van der Waals surface area (Å²) in [5.41, 5.74) is 6.61. The third kappa shape index (κ3) is 10.1. The first kappa shape index (κ1) is 56.2. The van der Waals surface area contributed by atoms with Gasteiger partial charge in [0, 0.05) is 86.5 Å². The third-order valence-corrected chi connectivity index (χ3v) is 16.0. The monoisotopic (exact) mass is 1070 g/mol. The maximum Gasteiger partial charge on any atom is 0.341 e. The molecule has 1 saturated carbocycles. The zero-order valence-electron chi connectivity index (χ0n) is 44.7. The van der Waals surface area contributed by atoms with Crippen molar-refractivity contribution in [2.24, 2.45) is 23.5 Å². The number of Topliss-reactive ketones (excluding diaryl/α,β-unsaturated/α-hetero) is 1. The average molecular weight is 1070 g/mol. The molecular weight excluding hydrogens is 1000 g/mol. The molecule has 0 spiro atoms. The minimum absolute atomic E-state index is 0.00912. The molecule has 21 heteroatoms. The number of phenolic OH excluding ortho intramolecular Hbond substituents is 3. The van der Waals surface area contributed by atoms with E-state index < -0.39 is 112 Å². The fraction of sp³-hybridized carbons (Fsp3) is 0.482. The van der Waals surface area contributed by atoms with Crippen LogP contribution < -0.4 is 26.2 Å². The highest BCUT2D eigenvalue weighted by Gasteiger charge is 2.50. The zero-order chi connectivity index (χ0) is 56.4. The zero-order valence-corrected chi connectivity index (χ0v) is 44.7. The number of halogens is 1. The van der Waals surface area contributed by atoms with Crippen molar-refractivity contribution >= 4 is 51.3 Å². The van der Waals surface area contributed by atoms with Gasteiger partial charge in [-0.1, -0.05) is 39.0 Å². The summed E-state index contributed by atoms with van der Waals surface area (Å²) in [7, 11) is 3.10. The van der Waals surface area contributed by atoms with Crippen LogP contribution in [0.25, 0.3) is 16.3 Å². The first-order valence-corrected chi connectivity index (χ1v) is 25.6. The summed E-state index contributed by atoms with van der Waals surface area (Å²) in [5, 5.41) is 71.6. The van der Waals surface area contributed by atoms with Crippen LogP contribution in [0.3, 0.4) is 0 Å². The summed E-state index contributed by atoms with van der Waals surface area (Å²) >= 11 is 0. The Balaban J connectivity index is 1.21. The number of amides is 1. The number of nitrogens with two attached hydrogens (primary N) is 1. The Hall–Kier alpha value is -7.04. The smallest absolute Gasteiger partial charge is 0.341 e. The number of fused-ring (bicyclic) bond motifs is 15. The molecule has 9 rings (SSSR count). The number of ether oxygens (including phenoxy) is 4. The van der Waals surface area contributed by atoms with Gasteiger partial charge in [-0.15, -0.1) is 0 Å². The molecule has 1 amide bonds. The van der Waals surface area contributed by atoms with Crippen LogP contribution in [0.15, 0.2) is 53.2 Å². The summed E-state index contributed by atoms with van der Waals surface area (Å²) in [5.74, 6) is -10.8. The molecule has 2 aromatic heterocycles. The number of phenols is 3. The molecule has 414 valence electrons. The van der Waals surface area contributed by atoms with Crippen molar-refractivity contribution in [2.45, 2.75) is 129 Å². The highest BCUT2D eigenvalue weighted by Crippen LogP contribution is 2.56. The van der Waals surface area contributed by atoms with E-state index in [0.717, 1.165) is 29.7 Å². The van der Waals surface area contributed by atoms with Gasteiger partial charge in [0.2, 0.25) is 0 Å². The Morgan fingerprint density at radius 2 is 1.66 bits per heavy atom. The van der Waals surface area contributed by atoms with Crippen LogP contribution in [0.5, 0.6) is 23.0 Å². The van der Waals surface area contributed by atoms with Crippen molar-refractivity contribution in [1.29, 1.82) is 0 Å². The van der Waals surface area contributed by atoms with E-state index in [0.29, 0.717) is 29.6 Å². The minimum Gasteiger partial charge on any atom is -0.507 e. The second-order valence-electron chi connectivity index (χ2n) is 21.3. The van der Waals surface area contributed by atoms with Crippen LogP contribution in [-0.4, -0.2) is 133 Å². The number of esters is 1. The summed E-state index contributed by atoms with van der Waals surface area (Å²) in [6.45, 7) is 12.4. The van der Waals surface area contributed by atoms with E-state index >= 15 is 4.39 Å². The molecule has 0 radical (unpaired) electrons. The van der Waals surface area contributed by atoms with Crippen LogP contribution in [0.4, 0.5) is 15.8 Å². The standard InChI is InChI=1S/C56H68FN5O15/c1-24-12-11-13-25(2)53(70)59-42-35(22-60(9)32-16-18-61(21-32)44-27(4)43-33(31-14-15-31)20-34(55(72)73)54(71)62(43)23-36(44)57)48(67)38-39(49(42)68)46(65)29(6)50-40(38)52(69)56(8,77-50)75-19-17-37(74-10)26(3)51(76-30(7)63)41(58)47(66)28(5)45(24)64/h11-13,17,19-20,23-24,26,28,31-32,37,41,45,47,51,64-68H,14-16,18,21-22,58H2,1-10H3,(H,59,70)(H,72,73)/b12-11+,19-17+,25-13-/t24-,26+,28+,32?,37-,41+,45-,47+,51+,56-/m0/s1. The maximum atomic E-state index is 16.4. The molecule has 1 saturated heterocycles. The lowest BCUT2D eigenvalue weighted by atomic mass is 9.81. The number of nitrogens with one attached hydrogen (secondary N) is 1. The lowest BCUT2D eigenvalue weighted by Gasteiger charge is -2.37. The first-order chi connectivity index (χ1) is 36.2. The van der Waals surface area contributed by atoms with Gasteiger partial charge >= 0.3 is 17.7 Å². The van der Waals surface area contributed by atoms with E-state index in [1.807, 2.05) is 9.80 Å². The number of pyridine rings is 2. The van der Waals surface area contributed by atoms with Crippen molar-refractivity contribution < 1.29 is 73.2 Å². The number of likely N-dealkylation sites (N-methyl/N-ethyl adjacent to an activating group) is 1. The van der Waals surface area contributed by atoms with Crippen LogP contribution in [-0.2, 0) is 30.3 Å². The predicted molar refractivity (Wildman–Crippen MR) is 282 cm³/mol. The first-order valence-electron chi connectivity index (χ1n) is 25.6. The van der Waals surface area contributed by atoms with E-state index in [1.54, 1.807) is 40.8 Å². The van der Waals surface area contributed by atoms with Gasteiger partial charge in [-0.25, -0.2) is 9.18 Å². The van der Waals surface area contributed by atoms with Crippen molar-refractivity contribution in [3.05, 3.63) is 98.0 Å². The van der Waals surface area contributed by atoms with Gasteiger partial charge in [-0.05, 0) is 76.3 Å². The number of benzene rings is 2. The van der Waals surface area contributed by atoms with Crippen molar-refractivity contribution in [2.75, 3.05) is 37.5 Å². The number of aryl methyl sites for hydroxylation is 1. The number of rotatable bonds is 8. The number of nitrogens with zero attached hydrogens (tertiary/aromatic N) is 3. The topological polar surface area (TPSA) is 293 Å². The molecular formula is C56H68FN5O15. The molecule has 10 atom stereocenters. The molecule has 5 aliphatic rings. The fourth-order valence-corrected chi connectivity index (χ4v) is 11.2. The normalized spacial score (nSPS) is 28.8. The number of carboxylic acid groups (broad SMARTS) is 1. The number of methoxy groups -OCH3 is 1. The molecule has 4 aliphatic heterocycles. The number of anilines is 2. The summed E-state index contributed by atoms with van der Waals surface area (Å²) in [6.07, 6.45) is 5.51.